The average molecular weight is 444 g/mol. The summed E-state index contributed by atoms with van der Waals surface area (Å²) in [5.74, 6) is 0. The number of nitrogens with zero attached hydrogens (tertiary/aromatic N) is 2. The van der Waals surface area contributed by atoms with Gasteiger partial charge in [-0.25, -0.2) is 9.97 Å². The molecule has 2 N–H and O–H groups in total. The van der Waals surface area contributed by atoms with E-state index in [0.717, 1.165) is 44.8 Å². The Morgan fingerprint density at radius 1 is 0.621 bits per heavy atom. The zero-order valence-electron chi connectivity index (χ0n) is 16.0. The summed E-state index contributed by atoms with van der Waals surface area (Å²) < 4.78 is 9.56. The van der Waals surface area contributed by atoms with Gasteiger partial charge in [0.15, 0.2) is 0 Å². The molecule has 5 rings (SSSR count). The van der Waals surface area contributed by atoms with Crippen LogP contribution < -0.4 is 0 Å². The van der Waals surface area contributed by atoms with Crippen molar-refractivity contribution in [1.82, 2.24) is 19.9 Å². The van der Waals surface area contributed by atoms with Gasteiger partial charge in [0.1, 0.15) is 0 Å². The van der Waals surface area contributed by atoms with Crippen molar-refractivity contribution in [3.05, 3.63) is 71.3 Å². The van der Waals surface area contributed by atoms with Gasteiger partial charge < -0.3 is 9.97 Å². The Morgan fingerprint density at radius 2 is 0.931 bits per heavy atom. The number of rotatable bonds is 0. The van der Waals surface area contributed by atoms with Gasteiger partial charge in [-0.2, -0.15) is 0 Å². The van der Waals surface area contributed by atoms with Gasteiger partial charge in [-0.15, -0.1) is 0 Å². The minimum Gasteiger partial charge on any atom is -0.355 e. The maximum absolute atomic E-state index is 9.56. The van der Waals surface area contributed by atoms with Gasteiger partial charge in [0.25, 0.3) is 0 Å². The molecule has 0 saturated heterocycles. The van der Waals surface area contributed by atoms with Crippen LogP contribution in [0, 0.1) is 0 Å². The second-order valence-corrected chi connectivity index (χ2v) is 8.13. The van der Waals surface area contributed by atoms with Gasteiger partial charge in [0.05, 0.1) is 22.8 Å². The third-order valence-corrected chi connectivity index (χ3v) is 4.04. The van der Waals surface area contributed by atoms with Crippen LogP contribution in [0.3, 0.4) is 0 Å². The fourth-order valence-electron chi connectivity index (χ4n) is 2.94. The van der Waals surface area contributed by atoms with Crippen molar-refractivity contribution < 1.29 is 21.3 Å². The number of fused-ring (bicyclic) bond motifs is 8. The van der Waals surface area contributed by atoms with Gasteiger partial charge >= 0.3 is 0 Å². The predicted octanol–water partition coefficient (Wildman–Crippen LogP) is 4.65. The van der Waals surface area contributed by atoms with Crippen molar-refractivity contribution >= 4 is 57.2 Å². The zero-order valence-corrected chi connectivity index (χ0v) is 17.9. The van der Waals surface area contributed by atoms with Crippen molar-refractivity contribution in [3.63, 3.8) is 0 Å². The van der Waals surface area contributed by atoms with E-state index in [0.29, 0.717) is 0 Å². The maximum Gasteiger partial charge on any atom is 0.0659 e. The van der Waals surface area contributed by atoms with E-state index in [1.54, 1.807) is 12.5 Å². The minimum absolute atomic E-state index is 0. The Labute approximate surface area is 182 Å². The summed E-state index contributed by atoms with van der Waals surface area (Å²) in [6.45, 7) is 0. The predicted molar refractivity (Wildman–Crippen MR) is 119 cm³/mol. The van der Waals surface area contributed by atoms with Crippen LogP contribution in [0.2, 0.25) is 0 Å². The Bertz CT molecular complexity index is 1180. The summed E-state index contributed by atoms with van der Waals surface area (Å²) in [6.07, 6.45) is 11.3. The van der Waals surface area contributed by atoms with E-state index in [1.165, 1.54) is 0 Å². The SMILES string of the molecule is C1=Cc2cc3ccc(cc4ccc(cc5nc(cc1n2)C=C5)[nH]4)[nH]3.CS(C)=O.[Fe]. The monoisotopic (exact) mass is 444 g/mol. The van der Waals surface area contributed by atoms with Crippen LogP contribution in [0.5, 0.6) is 0 Å². The molecule has 148 valence electrons. The van der Waals surface area contributed by atoms with E-state index < -0.39 is 10.8 Å². The van der Waals surface area contributed by atoms with Crippen LogP contribution in [0.1, 0.15) is 22.8 Å². The first kappa shape index (κ1) is 21.0. The van der Waals surface area contributed by atoms with E-state index in [-0.39, 0.29) is 17.1 Å². The quantitative estimate of drug-likeness (QED) is 0.342. The van der Waals surface area contributed by atoms with Crippen LogP contribution in [0.15, 0.2) is 48.5 Å². The smallest absolute Gasteiger partial charge is 0.0659 e. The topological polar surface area (TPSA) is 74.4 Å². The van der Waals surface area contributed by atoms with Gasteiger partial charge in [-0.05, 0) is 72.8 Å². The molecule has 0 radical (unpaired) electrons. The molecule has 3 aromatic rings. The van der Waals surface area contributed by atoms with Gasteiger partial charge in [-0.1, -0.05) is 0 Å². The van der Waals surface area contributed by atoms with Crippen LogP contribution in [0.25, 0.3) is 46.4 Å². The van der Waals surface area contributed by atoms with Crippen molar-refractivity contribution in [2.75, 3.05) is 12.5 Å². The van der Waals surface area contributed by atoms with Crippen LogP contribution in [-0.2, 0) is 27.9 Å². The molecular weight excluding hydrogens is 424 g/mol. The Balaban J connectivity index is 0.000000443. The number of H-pyrrole nitrogens is 2. The standard InChI is InChI=1S/C20H14N4.C2H6OS.Fe/c1-2-14-10-16-5-6-18(23-16)12-20-8-7-19(24-20)11-17-4-3-15(22-17)9-13(1)21-14;1-4(2)3;/h1-12,21-22H;1-2H3;. The minimum atomic E-state index is -0.611. The number of aromatic amines is 2. The number of nitrogens with one attached hydrogen (secondary N) is 2. The fraction of sp³-hybridized carbons (Fsp3) is 0.0909. The van der Waals surface area contributed by atoms with Crippen molar-refractivity contribution in [2.24, 2.45) is 0 Å². The normalized spacial score (nSPS) is 11.7. The second kappa shape index (κ2) is 9.18. The maximum atomic E-state index is 9.56. The Morgan fingerprint density at radius 3 is 1.31 bits per heavy atom. The van der Waals surface area contributed by atoms with Crippen LogP contribution >= 0.6 is 0 Å². The number of hydrogen-bond donors (Lipinski definition) is 2. The summed E-state index contributed by atoms with van der Waals surface area (Å²) in [7, 11) is -0.611. The summed E-state index contributed by atoms with van der Waals surface area (Å²) >= 11 is 0. The number of aromatic nitrogens is 4. The molecule has 7 heteroatoms. The molecule has 0 spiro atoms. The first-order valence-corrected chi connectivity index (χ1v) is 10.8. The van der Waals surface area contributed by atoms with Crippen molar-refractivity contribution in [1.29, 1.82) is 0 Å². The molecule has 0 aromatic carbocycles. The molecule has 0 atom stereocenters. The van der Waals surface area contributed by atoms with E-state index >= 15 is 0 Å². The molecule has 0 unspecified atom stereocenters. The molecule has 2 aliphatic heterocycles. The molecule has 0 fully saturated rings. The Kier molecular flexibility index (Phi) is 6.64. The molecule has 5 nitrogen and oxygen atoms in total. The molecule has 3 aromatic heterocycles. The van der Waals surface area contributed by atoms with Crippen molar-refractivity contribution in [3.8, 4) is 0 Å². The molecule has 0 saturated carbocycles. The van der Waals surface area contributed by atoms with Crippen molar-refractivity contribution in [2.45, 2.75) is 0 Å². The summed E-state index contributed by atoms with van der Waals surface area (Å²) in [5.41, 5.74) is 7.86. The van der Waals surface area contributed by atoms with Crippen LogP contribution in [-0.4, -0.2) is 36.7 Å². The first-order valence-electron chi connectivity index (χ1n) is 8.83. The molecule has 5 heterocycles. The van der Waals surface area contributed by atoms with E-state index in [9.17, 15) is 4.21 Å². The fourth-order valence-corrected chi connectivity index (χ4v) is 2.94. The van der Waals surface area contributed by atoms with E-state index in [1.807, 2.05) is 42.5 Å². The van der Waals surface area contributed by atoms with Gasteiger partial charge in [0.2, 0.25) is 0 Å². The summed E-state index contributed by atoms with van der Waals surface area (Å²) in [4.78, 5) is 16.0. The van der Waals surface area contributed by atoms with E-state index in [2.05, 4.69) is 50.3 Å². The molecular formula is C22H20FeN4OS. The average Bonchev–Trinajstić information content (AvgIpc) is 3.39. The second-order valence-electron chi connectivity index (χ2n) is 6.65. The Hall–Kier alpha value is -2.73. The zero-order chi connectivity index (χ0) is 19.5. The third kappa shape index (κ3) is 5.64. The van der Waals surface area contributed by atoms with Gasteiger partial charge in [0, 0.05) is 62.4 Å². The molecule has 8 bridgehead atoms. The first-order chi connectivity index (χ1) is 13.5. The van der Waals surface area contributed by atoms with E-state index in [4.69, 9.17) is 0 Å². The molecule has 0 aliphatic carbocycles. The van der Waals surface area contributed by atoms with Gasteiger partial charge in [-0.3, -0.25) is 4.21 Å². The largest absolute Gasteiger partial charge is 0.355 e. The molecule has 29 heavy (non-hydrogen) atoms. The summed E-state index contributed by atoms with van der Waals surface area (Å²) in [5, 5.41) is 0. The molecule has 2 aliphatic rings. The number of hydrogen-bond acceptors (Lipinski definition) is 3. The molecule has 0 amide bonds. The summed E-state index contributed by atoms with van der Waals surface area (Å²) in [6, 6.07) is 16.4. The van der Waals surface area contributed by atoms with Crippen LogP contribution in [0.4, 0.5) is 0 Å². The third-order valence-electron chi connectivity index (χ3n) is 4.04.